The SMILES string of the molecule is CCN1\C(=C/C=C/C=C/C2=[N+](CCCCCC(=O)ON3C(=O)CCC3=O)c3ccc4cc(C)c(S(=O)(=O)[O-])cc4c3C2(C)C)C(C)(C)c2c1ccc1cc(C)c(S(=O)(=O)[O-])cc21. The maximum Gasteiger partial charge on any atom is 0.333 e. The minimum Gasteiger partial charge on any atom is -0.744 e. The van der Waals surface area contributed by atoms with Crippen molar-refractivity contribution >= 4 is 76.7 Å². The number of imide groups is 1. The van der Waals surface area contributed by atoms with Crippen molar-refractivity contribution in [3.05, 3.63) is 107 Å². The molecule has 13 nitrogen and oxygen atoms in total. The molecule has 0 atom stereocenters. The Bertz CT molecular complexity index is 2930. The highest BCUT2D eigenvalue weighted by molar-refractivity contribution is 7.86. The molecule has 2 amide bonds. The number of anilines is 1. The predicted octanol–water partition coefficient (Wildman–Crippen LogP) is 7.78. The van der Waals surface area contributed by atoms with Crippen LogP contribution in [0.2, 0.25) is 0 Å². The number of hydroxylamine groups is 2. The summed E-state index contributed by atoms with van der Waals surface area (Å²) >= 11 is 0. The fraction of sp³-hybridized carbons (Fsp3) is 0.362. The van der Waals surface area contributed by atoms with E-state index >= 15 is 0 Å². The molecule has 0 unspecified atom stereocenters. The summed E-state index contributed by atoms with van der Waals surface area (Å²) in [5.41, 5.74) is 5.16. The van der Waals surface area contributed by atoms with Crippen LogP contribution in [-0.4, -0.2) is 72.2 Å². The molecule has 1 fully saturated rings. The number of hydrogen-bond donors (Lipinski definition) is 0. The highest BCUT2D eigenvalue weighted by atomic mass is 32.2. The first-order valence-corrected chi connectivity index (χ1v) is 23.5. The van der Waals surface area contributed by atoms with Crippen LogP contribution in [0.3, 0.4) is 0 Å². The van der Waals surface area contributed by atoms with Crippen molar-refractivity contribution in [3.8, 4) is 0 Å². The van der Waals surface area contributed by atoms with Gasteiger partial charge in [0.25, 0.3) is 11.8 Å². The molecule has 4 aromatic rings. The Labute approximate surface area is 362 Å². The zero-order valence-corrected chi connectivity index (χ0v) is 37.5. The Morgan fingerprint density at radius 2 is 1.35 bits per heavy atom. The van der Waals surface area contributed by atoms with Crippen LogP contribution in [0.15, 0.2) is 94.4 Å². The first-order valence-electron chi connectivity index (χ1n) is 20.7. The first-order chi connectivity index (χ1) is 29.1. The van der Waals surface area contributed by atoms with Gasteiger partial charge in [-0.1, -0.05) is 50.3 Å². The molecule has 0 radical (unpaired) electrons. The Balaban J connectivity index is 1.19. The van der Waals surface area contributed by atoms with E-state index in [1.165, 1.54) is 12.1 Å². The normalized spacial score (nSPS) is 18.1. The monoisotopic (exact) mass is 880 g/mol. The van der Waals surface area contributed by atoms with E-state index in [4.69, 9.17) is 4.84 Å². The first kappa shape index (κ1) is 44.6. The van der Waals surface area contributed by atoms with Crippen molar-refractivity contribution < 1.29 is 49.7 Å². The van der Waals surface area contributed by atoms with E-state index in [2.05, 4.69) is 37.2 Å². The molecule has 15 heteroatoms. The molecule has 3 aliphatic heterocycles. The maximum absolute atomic E-state index is 12.4. The summed E-state index contributed by atoms with van der Waals surface area (Å²) in [7, 11) is -9.43. The molecule has 0 aliphatic carbocycles. The lowest BCUT2D eigenvalue weighted by Gasteiger charge is -2.26. The number of benzene rings is 4. The van der Waals surface area contributed by atoms with E-state index in [0.29, 0.717) is 53.9 Å². The van der Waals surface area contributed by atoms with Gasteiger partial charge in [0.05, 0.1) is 15.2 Å². The third-order valence-corrected chi connectivity index (χ3v) is 14.3. The summed E-state index contributed by atoms with van der Waals surface area (Å²) in [6.07, 6.45) is 11.7. The Morgan fingerprint density at radius 3 is 1.94 bits per heavy atom. The molecular weight excluding hydrogens is 831 g/mol. The number of nitrogens with zero attached hydrogens (tertiary/aromatic N) is 3. The molecule has 0 bridgehead atoms. The molecule has 326 valence electrons. The van der Waals surface area contributed by atoms with E-state index in [1.807, 2.05) is 61.6 Å². The van der Waals surface area contributed by atoms with Crippen LogP contribution in [0.25, 0.3) is 21.5 Å². The molecule has 3 aliphatic rings. The number of rotatable bonds is 13. The molecular formula is C47H50N3O10S2-. The lowest BCUT2D eigenvalue weighted by Crippen LogP contribution is -2.31. The largest absolute Gasteiger partial charge is 0.744 e. The van der Waals surface area contributed by atoms with Crippen molar-refractivity contribution in [1.29, 1.82) is 0 Å². The van der Waals surface area contributed by atoms with Crippen LogP contribution < -0.4 is 4.90 Å². The number of allylic oxidation sites excluding steroid dienone is 6. The average Bonchev–Trinajstić information content (AvgIpc) is 3.70. The summed E-state index contributed by atoms with van der Waals surface area (Å²) in [5.74, 6) is -1.70. The second kappa shape index (κ2) is 16.3. The fourth-order valence-electron chi connectivity index (χ4n) is 9.46. The lowest BCUT2D eigenvalue weighted by molar-refractivity contribution is -0.438. The third-order valence-electron chi connectivity index (χ3n) is 12.3. The van der Waals surface area contributed by atoms with Crippen LogP contribution >= 0.6 is 0 Å². The minimum absolute atomic E-state index is 0.0222. The van der Waals surface area contributed by atoms with Gasteiger partial charge in [-0.05, 0) is 116 Å². The smallest absolute Gasteiger partial charge is 0.333 e. The van der Waals surface area contributed by atoms with Gasteiger partial charge in [-0.3, -0.25) is 9.59 Å². The molecule has 62 heavy (non-hydrogen) atoms. The van der Waals surface area contributed by atoms with Gasteiger partial charge in [0, 0.05) is 66.7 Å². The van der Waals surface area contributed by atoms with Crippen LogP contribution in [0.4, 0.5) is 11.4 Å². The van der Waals surface area contributed by atoms with Gasteiger partial charge in [-0.25, -0.2) is 21.6 Å². The third kappa shape index (κ3) is 8.02. The van der Waals surface area contributed by atoms with Crippen molar-refractivity contribution in [2.24, 2.45) is 0 Å². The van der Waals surface area contributed by atoms with E-state index < -0.39 is 48.8 Å². The van der Waals surface area contributed by atoms with Gasteiger partial charge in [0.15, 0.2) is 5.71 Å². The van der Waals surface area contributed by atoms with Crippen LogP contribution in [-0.2, 0) is 50.3 Å². The van der Waals surface area contributed by atoms with E-state index in [1.54, 1.807) is 26.0 Å². The zero-order chi connectivity index (χ0) is 45.1. The van der Waals surface area contributed by atoms with Gasteiger partial charge >= 0.3 is 5.97 Å². The second-order valence-electron chi connectivity index (χ2n) is 17.2. The molecule has 0 spiro atoms. The molecule has 0 N–H and O–H groups in total. The quantitative estimate of drug-likeness (QED) is 0.0420. The maximum atomic E-state index is 12.4. The van der Waals surface area contributed by atoms with Crippen molar-refractivity contribution in [2.45, 2.75) is 108 Å². The number of amides is 2. The second-order valence-corrected chi connectivity index (χ2v) is 19.9. The van der Waals surface area contributed by atoms with Gasteiger partial charge in [-0.2, -0.15) is 4.58 Å². The number of carbonyl (C=O) groups is 3. The van der Waals surface area contributed by atoms with Crippen molar-refractivity contribution in [2.75, 3.05) is 18.0 Å². The van der Waals surface area contributed by atoms with Gasteiger partial charge < -0.3 is 18.8 Å². The number of fused-ring (bicyclic) bond motifs is 6. The summed E-state index contributed by atoms with van der Waals surface area (Å²) in [6.45, 7) is 14.8. The number of unbranched alkanes of at least 4 members (excludes halogenated alkanes) is 2. The Morgan fingerprint density at radius 1 is 0.774 bits per heavy atom. The summed E-state index contributed by atoms with van der Waals surface area (Å²) in [5, 5.41) is 3.60. The molecule has 4 aromatic carbocycles. The molecule has 7 rings (SSSR count). The van der Waals surface area contributed by atoms with Crippen molar-refractivity contribution in [3.63, 3.8) is 0 Å². The Kier molecular flexibility index (Phi) is 11.7. The predicted molar refractivity (Wildman–Crippen MR) is 234 cm³/mol. The minimum atomic E-state index is -4.75. The topological polar surface area (TPSA) is 184 Å². The number of hydrogen-bond acceptors (Lipinski definition) is 11. The van der Waals surface area contributed by atoms with Crippen LogP contribution in [0, 0.1) is 13.8 Å². The molecule has 0 saturated carbocycles. The number of carbonyl (C=O) groups excluding carboxylic acids is 3. The fourth-order valence-corrected chi connectivity index (χ4v) is 10.9. The molecule has 1 saturated heterocycles. The zero-order valence-electron chi connectivity index (χ0n) is 35.9. The van der Waals surface area contributed by atoms with Crippen molar-refractivity contribution in [1.82, 2.24) is 5.06 Å². The van der Waals surface area contributed by atoms with Gasteiger partial charge in [0.2, 0.25) is 5.69 Å². The summed E-state index contributed by atoms with van der Waals surface area (Å²) < 4.78 is 75.7. The summed E-state index contributed by atoms with van der Waals surface area (Å²) in [6, 6.07) is 14.4. The van der Waals surface area contributed by atoms with E-state index in [0.717, 1.165) is 50.1 Å². The van der Waals surface area contributed by atoms with Crippen LogP contribution in [0.1, 0.15) is 95.4 Å². The van der Waals surface area contributed by atoms with E-state index in [9.17, 15) is 40.3 Å². The average molecular weight is 881 g/mol. The summed E-state index contributed by atoms with van der Waals surface area (Å²) in [4.78, 5) is 42.9. The molecule has 0 aromatic heterocycles. The van der Waals surface area contributed by atoms with Gasteiger partial charge in [0.1, 0.15) is 26.8 Å². The standard InChI is InChI=1S/C47H51N3O10S2/c1-8-48-35-20-18-31-25-29(2)37(61(54,55)56)27-33(31)44(35)46(4,5)39(48)15-11-9-12-16-40-47(6,7)45-34-28-38(62(57,58)59)30(3)26-32(34)19-21-36(45)49(40)24-14-10-13-17-43(53)60-50-41(51)22-23-42(50)52/h9,11-12,15-16,18-21,25-28H,8,10,13-14,17,22-24H2,1-7H3,(H-,54,55,56,57,58,59)/p-1. The Hall–Kier alpha value is -5.48. The molecule has 3 heterocycles. The number of aryl methyl sites for hydroxylation is 2. The van der Waals surface area contributed by atoms with E-state index in [-0.39, 0.29) is 29.1 Å². The highest BCUT2D eigenvalue weighted by Gasteiger charge is 2.46. The lowest BCUT2D eigenvalue weighted by atomic mass is 9.79. The highest BCUT2D eigenvalue weighted by Crippen LogP contribution is 2.51. The van der Waals surface area contributed by atoms with Gasteiger partial charge in [-0.15, -0.1) is 5.06 Å². The van der Waals surface area contributed by atoms with Crippen LogP contribution in [0.5, 0.6) is 0 Å². The number of likely N-dealkylation sites (N-methyl/N-ethyl adjacent to an activating group) is 1.